The molecule has 0 radical (unpaired) electrons. The second-order valence-electron chi connectivity index (χ2n) is 8.84. The Morgan fingerprint density at radius 2 is 1.68 bits per heavy atom. The molecule has 3 heteroatoms. The van der Waals surface area contributed by atoms with E-state index < -0.39 is 6.10 Å². The minimum Gasteiger partial charge on any atom is -0.481 e. The number of rotatable bonds is 6. The fraction of sp³-hybridized carbons (Fsp3) is 0.682. The first kappa shape index (κ1) is 16.9. The second kappa shape index (κ2) is 6.66. The van der Waals surface area contributed by atoms with E-state index in [1.807, 2.05) is 37.3 Å². The maximum Gasteiger partial charge on any atom is 0.261 e. The van der Waals surface area contributed by atoms with Gasteiger partial charge in [0.2, 0.25) is 0 Å². The number of nitrogens with one attached hydrogen (secondary N) is 1. The third-order valence-electron chi connectivity index (χ3n) is 7.05. The molecule has 4 aliphatic rings. The third-order valence-corrected chi connectivity index (χ3v) is 7.05. The van der Waals surface area contributed by atoms with Gasteiger partial charge in [0.1, 0.15) is 5.75 Å². The van der Waals surface area contributed by atoms with E-state index in [9.17, 15) is 4.79 Å². The Morgan fingerprint density at radius 3 is 2.20 bits per heavy atom. The molecule has 5 rings (SSSR count). The highest BCUT2D eigenvalue weighted by molar-refractivity contribution is 5.81. The number of ether oxygens (including phenoxy) is 1. The molecule has 4 bridgehead atoms. The summed E-state index contributed by atoms with van der Waals surface area (Å²) < 4.78 is 5.93. The maximum atomic E-state index is 12.8. The molecule has 1 aromatic carbocycles. The average molecular weight is 341 g/mol. The predicted octanol–water partition coefficient (Wildman–Crippen LogP) is 4.57. The van der Waals surface area contributed by atoms with Gasteiger partial charge in [-0.1, -0.05) is 25.1 Å². The molecule has 4 fully saturated rings. The van der Waals surface area contributed by atoms with Crippen LogP contribution < -0.4 is 10.1 Å². The summed E-state index contributed by atoms with van der Waals surface area (Å²) >= 11 is 0. The van der Waals surface area contributed by atoms with Crippen molar-refractivity contribution in [3.63, 3.8) is 0 Å². The monoisotopic (exact) mass is 341 g/mol. The molecule has 0 aromatic heterocycles. The Balaban J connectivity index is 1.41. The fourth-order valence-corrected chi connectivity index (χ4v) is 6.15. The lowest BCUT2D eigenvalue weighted by molar-refractivity contribution is -0.132. The van der Waals surface area contributed by atoms with Crippen molar-refractivity contribution in [1.29, 1.82) is 0 Å². The van der Waals surface area contributed by atoms with E-state index in [1.54, 1.807) is 0 Å². The number of carbonyl (C=O) groups is 1. The van der Waals surface area contributed by atoms with Crippen LogP contribution in [0.15, 0.2) is 30.3 Å². The highest BCUT2D eigenvalue weighted by Gasteiger charge is 2.53. The van der Waals surface area contributed by atoms with Gasteiger partial charge >= 0.3 is 0 Å². The van der Waals surface area contributed by atoms with Crippen LogP contribution in [-0.4, -0.2) is 18.1 Å². The molecule has 0 spiro atoms. The largest absolute Gasteiger partial charge is 0.481 e. The molecule has 0 unspecified atom stereocenters. The zero-order valence-corrected chi connectivity index (χ0v) is 15.5. The van der Waals surface area contributed by atoms with E-state index in [2.05, 4.69) is 12.2 Å². The van der Waals surface area contributed by atoms with E-state index in [0.717, 1.165) is 23.5 Å². The van der Waals surface area contributed by atoms with Crippen LogP contribution in [0, 0.1) is 23.2 Å². The van der Waals surface area contributed by atoms with Gasteiger partial charge in [0.25, 0.3) is 5.91 Å². The summed E-state index contributed by atoms with van der Waals surface area (Å²) in [5.74, 6) is 3.55. The molecular weight excluding hydrogens is 310 g/mol. The summed E-state index contributed by atoms with van der Waals surface area (Å²) in [4.78, 5) is 12.8. The quantitative estimate of drug-likeness (QED) is 0.823. The molecule has 25 heavy (non-hydrogen) atoms. The standard InChI is InChI=1S/C22H31NO2/c1-3-20(25-19-7-5-4-6-8-19)21(24)23-15(2)22-12-16-9-17(13-22)11-18(10-16)14-22/h4-8,15-18,20H,3,9-14H2,1-2H3,(H,23,24)/t15-,16?,17?,18?,20-,22?/m1/s1. The fourth-order valence-electron chi connectivity index (χ4n) is 6.15. The predicted molar refractivity (Wildman–Crippen MR) is 99.4 cm³/mol. The van der Waals surface area contributed by atoms with Crippen LogP contribution in [0.25, 0.3) is 0 Å². The first-order valence-electron chi connectivity index (χ1n) is 10.1. The van der Waals surface area contributed by atoms with Gasteiger partial charge in [0, 0.05) is 6.04 Å². The SMILES string of the molecule is CC[C@@H](Oc1ccccc1)C(=O)N[C@H](C)C12CC3CC(CC(C3)C1)C2. The maximum absolute atomic E-state index is 12.8. The van der Waals surface area contributed by atoms with Crippen LogP contribution in [0.3, 0.4) is 0 Å². The van der Waals surface area contributed by atoms with Gasteiger partial charge in [0.15, 0.2) is 6.10 Å². The van der Waals surface area contributed by atoms with Gasteiger partial charge < -0.3 is 10.1 Å². The van der Waals surface area contributed by atoms with Crippen molar-refractivity contribution in [3.8, 4) is 5.75 Å². The highest BCUT2D eigenvalue weighted by atomic mass is 16.5. The molecule has 0 heterocycles. The number of para-hydroxylation sites is 1. The normalized spacial score (nSPS) is 35.2. The number of hydrogen-bond acceptors (Lipinski definition) is 2. The molecule has 1 aromatic rings. The Hall–Kier alpha value is -1.51. The smallest absolute Gasteiger partial charge is 0.261 e. The minimum atomic E-state index is -0.404. The number of benzene rings is 1. The molecule has 1 amide bonds. The van der Waals surface area contributed by atoms with Crippen LogP contribution in [0.1, 0.15) is 58.8 Å². The number of carbonyl (C=O) groups excluding carboxylic acids is 1. The Labute approximate surface area is 151 Å². The lowest BCUT2D eigenvalue weighted by atomic mass is 9.48. The summed E-state index contributed by atoms with van der Waals surface area (Å²) in [5.41, 5.74) is 0.343. The Morgan fingerprint density at radius 1 is 1.12 bits per heavy atom. The molecular formula is C22H31NO2. The lowest BCUT2D eigenvalue weighted by Gasteiger charge is -2.59. The Kier molecular flexibility index (Phi) is 4.51. The first-order valence-corrected chi connectivity index (χ1v) is 10.1. The van der Waals surface area contributed by atoms with Gasteiger partial charge in [-0.2, -0.15) is 0 Å². The third kappa shape index (κ3) is 3.30. The molecule has 0 saturated heterocycles. The number of amides is 1. The van der Waals surface area contributed by atoms with Crippen LogP contribution in [0.5, 0.6) is 5.75 Å². The molecule has 0 aliphatic heterocycles. The summed E-state index contributed by atoms with van der Waals surface area (Å²) in [6, 6.07) is 9.93. The van der Waals surface area contributed by atoms with Crippen LogP contribution >= 0.6 is 0 Å². The van der Waals surface area contributed by atoms with Crippen LogP contribution in [0.4, 0.5) is 0 Å². The zero-order chi connectivity index (χ0) is 17.4. The molecule has 3 nitrogen and oxygen atoms in total. The highest BCUT2D eigenvalue weighted by Crippen LogP contribution is 2.61. The van der Waals surface area contributed by atoms with Gasteiger partial charge in [-0.15, -0.1) is 0 Å². The van der Waals surface area contributed by atoms with Crippen LogP contribution in [0.2, 0.25) is 0 Å². The van der Waals surface area contributed by atoms with Crippen molar-refractivity contribution in [1.82, 2.24) is 5.32 Å². The van der Waals surface area contributed by atoms with Gasteiger partial charge in [-0.3, -0.25) is 4.79 Å². The molecule has 4 saturated carbocycles. The van der Waals surface area contributed by atoms with Crippen molar-refractivity contribution in [3.05, 3.63) is 30.3 Å². The van der Waals surface area contributed by atoms with Crippen LogP contribution in [-0.2, 0) is 4.79 Å². The minimum absolute atomic E-state index is 0.0506. The molecule has 1 N–H and O–H groups in total. The summed E-state index contributed by atoms with van der Waals surface area (Å²) in [5, 5.41) is 3.34. The van der Waals surface area contributed by atoms with Gasteiger partial charge in [-0.05, 0) is 87.2 Å². The van der Waals surface area contributed by atoms with E-state index >= 15 is 0 Å². The van der Waals surface area contributed by atoms with Crippen molar-refractivity contribution in [2.24, 2.45) is 23.2 Å². The molecule has 4 aliphatic carbocycles. The van der Waals surface area contributed by atoms with Crippen molar-refractivity contribution < 1.29 is 9.53 Å². The van der Waals surface area contributed by atoms with Crippen molar-refractivity contribution in [2.45, 2.75) is 70.9 Å². The summed E-state index contributed by atoms with van der Waals surface area (Å²) in [7, 11) is 0. The Bertz CT molecular complexity index is 576. The van der Waals surface area contributed by atoms with E-state index in [0.29, 0.717) is 11.8 Å². The van der Waals surface area contributed by atoms with Crippen molar-refractivity contribution in [2.75, 3.05) is 0 Å². The van der Waals surface area contributed by atoms with Crippen molar-refractivity contribution >= 4 is 5.91 Å². The van der Waals surface area contributed by atoms with Gasteiger partial charge in [-0.25, -0.2) is 0 Å². The lowest BCUT2D eigenvalue weighted by Crippen LogP contribution is -2.57. The zero-order valence-electron chi connectivity index (χ0n) is 15.5. The van der Waals surface area contributed by atoms with E-state index in [1.165, 1.54) is 38.5 Å². The van der Waals surface area contributed by atoms with E-state index in [-0.39, 0.29) is 11.9 Å². The molecule has 136 valence electrons. The average Bonchev–Trinajstić information content (AvgIpc) is 2.59. The summed E-state index contributed by atoms with van der Waals surface area (Å²) in [6.07, 6.45) is 8.55. The second-order valence-corrected chi connectivity index (χ2v) is 8.84. The van der Waals surface area contributed by atoms with E-state index in [4.69, 9.17) is 4.74 Å². The number of hydrogen-bond donors (Lipinski definition) is 1. The summed E-state index contributed by atoms with van der Waals surface area (Å²) in [6.45, 7) is 4.25. The van der Waals surface area contributed by atoms with Gasteiger partial charge in [0.05, 0.1) is 0 Å². The first-order chi connectivity index (χ1) is 12.1. The topological polar surface area (TPSA) is 38.3 Å². The molecule has 2 atom stereocenters.